The van der Waals surface area contributed by atoms with Crippen LogP contribution in [0.5, 0.6) is 0 Å². The summed E-state index contributed by atoms with van der Waals surface area (Å²) >= 11 is 1.86. The number of nitrogens with two attached hydrogens (primary N) is 1. The molecule has 2 heterocycles. The highest BCUT2D eigenvalue weighted by Crippen LogP contribution is 2.46. The van der Waals surface area contributed by atoms with Crippen LogP contribution in [0.15, 0.2) is 184 Å². The Labute approximate surface area is 320 Å². The first kappa shape index (κ1) is 31.7. The minimum atomic E-state index is 0.0479. The summed E-state index contributed by atoms with van der Waals surface area (Å²) in [6.07, 6.45) is 9.45. The van der Waals surface area contributed by atoms with Crippen molar-refractivity contribution in [3.8, 4) is 11.1 Å². The maximum Gasteiger partial charge on any atom is 0.179 e. The Hall–Kier alpha value is -6.82. The molecule has 10 aromatic rings. The Bertz CT molecular complexity index is 3320. The largest absolute Gasteiger partial charge is 0.456 e. The molecule has 5 heteroatoms. The molecule has 0 spiro atoms. The zero-order chi connectivity index (χ0) is 36.5. The number of furan rings is 1. The zero-order valence-electron chi connectivity index (χ0n) is 29.7. The Morgan fingerprint density at radius 2 is 1.25 bits per heavy atom. The third kappa shape index (κ3) is 5.04. The molecular formula is C50H33N3OS. The van der Waals surface area contributed by atoms with Crippen molar-refractivity contribution in [2.75, 3.05) is 0 Å². The molecule has 0 amide bonds. The highest BCUT2D eigenvalue weighted by molar-refractivity contribution is 7.27. The molecule has 1 aliphatic rings. The summed E-state index contributed by atoms with van der Waals surface area (Å²) in [6, 6.07) is 51.8. The fourth-order valence-corrected chi connectivity index (χ4v) is 9.96. The number of nitrogens with zero attached hydrogens (tertiary/aromatic N) is 2. The summed E-state index contributed by atoms with van der Waals surface area (Å²) < 4.78 is 9.17. The van der Waals surface area contributed by atoms with Crippen LogP contribution in [0.3, 0.4) is 0 Å². The molecule has 8 aromatic carbocycles. The predicted molar refractivity (Wildman–Crippen MR) is 235 cm³/mol. The van der Waals surface area contributed by atoms with Crippen LogP contribution < -0.4 is 5.84 Å². The van der Waals surface area contributed by atoms with Crippen molar-refractivity contribution < 1.29 is 4.42 Å². The molecule has 0 bridgehead atoms. The average molecular weight is 724 g/mol. The monoisotopic (exact) mass is 723 g/mol. The molecule has 0 saturated heterocycles. The summed E-state index contributed by atoms with van der Waals surface area (Å²) in [7, 11) is 0. The molecule has 0 radical (unpaired) electrons. The summed E-state index contributed by atoms with van der Waals surface area (Å²) in [6.45, 7) is 0. The van der Waals surface area contributed by atoms with Crippen LogP contribution in [0.4, 0.5) is 0 Å². The van der Waals surface area contributed by atoms with Crippen LogP contribution >= 0.6 is 11.3 Å². The van der Waals surface area contributed by atoms with Crippen molar-refractivity contribution in [3.05, 3.63) is 181 Å². The Morgan fingerprint density at radius 3 is 2.09 bits per heavy atom. The standard InChI is InChI=1S/C50H33N3OS/c51-53-50(52-47(33-13-2-1-3-14-33)34-26-25-32-24-23-30-11-4-6-15-35(30)42(32)29-34)41-20-10-22-44-46(41)45-37(17-9-21-43(45)54-44)38-18-8-19-39-40-28-27-31-12-5-7-16-36(31)48(40)55-49(38)39/h1-13,15-29,33H,14,51H2/b52-47-,53-50-. The quantitative estimate of drug-likeness (QED) is 0.0646. The van der Waals surface area contributed by atoms with E-state index in [4.69, 9.17) is 15.3 Å². The molecule has 1 atom stereocenters. The van der Waals surface area contributed by atoms with Gasteiger partial charge in [-0.2, -0.15) is 5.10 Å². The molecule has 2 N–H and O–H groups in total. The van der Waals surface area contributed by atoms with E-state index in [1.165, 1.54) is 58.1 Å². The summed E-state index contributed by atoms with van der Waals surface area (Å²) in [5, 5.41) is 16.3. The van der Waals surface area contributed by atoms with Gasteiger partial charge in [0, 0.05) is 48.0 Å². The number of rotatable bonds is 4. The smallest absolute Gasteiger partial charge is 0.179 e. The maximum atomic E-state index is 6.61. The molecule has 0 fully saturated rings. The molecule has 0 aliphatic heterocycles. The Morgan fingerprint density at radius 1 is 0.582 bits per heavy atom. The summed E-state index contributed by atoms with van der Waals surface area (Å²) in [5.74, 6) is 6.87. The topological polar surface area (TPSA) is 63.9 Å². The second-order valence-electron chi connectivity index (χ2n) is 14.2. The van der Waals surface area contributed by atoms with E-state index in [0.29, 0.717) is 5.84 Å². The lowest BCUT2D eigenvalue weighted by Crippen LogP contribution is -2.18. The van der Waals surface area contributed by atoms with Crippen molar-refractivity contribution in [1.82, 2.24) is 0 Å². The molecular weight excluding hydrogens is 691 g/mol. The minimum absolute atomic E-state index is 0.0479. The first-order valence-electron chi connectivity index (χ1n) is 18.6. The molecule has 4 nitrogen and oxygen atoms in total. The van der Waals surface area contributed by atoms with Crippen molar-refractivity contribution in [1.29, 1.82) is 0 Å². The first-order valence-corrected chi connectivity index (χ1v) is 19.4. The Kier molecular flexibility index (Phi) is 7.29. The lowest BCUT2D eigenvalue weighted by molar-refractivity contribution is 0.669. The highest BCUT2D eigenvalue weighted by Gasteiger charge is 2.23. The molecule has 1 aliphatic carbocycles. The molecule has 2 aromatic heterocycles. The van der Waals surface area contributed by atoms with Gasteiger partial charge in [0.1, 0.15) is 11.2 Å². The van der Waals surface area contributed by atoms with Crippen molar-refractivity contribution in [2.24, 2.45) is 21.9 Å². The highest BCUT2D eigenvalue weighted by atomic mass is 32.1. The van der Waals surface area contributed by atoms with Crippen molar-refractivity contribution in [2.45, 2.75) is 6.42 Å². The molecule has 260 valence electrons. The van der Waals surface area contributed by atoms with E-state index >= 15 is 0 Å². The average Bonchev–Trinajstić information content (AvgIpc) is 3.84. The van der Waals surface area contributed by atoms with Gasteiger partial charge >= 0.3 is 0 Å². The normalized spacial score (nSPS) is 15.2. The van der Waals surface area contributed by atoms with Crippen LogP contribution in [0.2, 0.25) is 0 Å². The SMILES string of the molecule is N/N=C(\N=C(/c1ccc2ccc3ccccc3c2c1)C1C=CC=CC1)c1cccc2oc3cccc(-c4cccc5c4sc4c6ccccc6ccc54)c3c12. The fourth-order valence-electron chi connectivity index (χ4n) is 8.59. The Balaban J connectivity index is 1.13. The van der Waals surface area contributed by atoms with E-state index in [1.54, 1.807) is 0 Å². The number of aliphatic imine (C=N–C) groups is 1. The number of hydrogen-bond donors (Lipinski definition) is 1. The molecule has 55 heavy (non-hydrogen) atoms. The maximum absolute atomic E-state index is 6.61. The van der Waals surface area contributed by atoms with Gasteiger partial charge in [0.2, 0.25) is 0 Å². The summed E-state index contributed by atoms with van der Waals surface area (Å²) in [5.41, 5.74) is 6.66. The number of amidine groups is 1. The van der Waals surface area contributed by atoms with Gasteiger partial charge in [0.25, 0.3) is 0 Å². The lowest BCUT2D eigenvalue weighted by atomic mass is 9.89. The molecule has 1 unspecified atom stereocenters. The minimum Gasteiger partial charge on any atom is -0.456 e. The second kappa shape index (κ2) is 12.7. The van der Waals surface area contributed by atoms with E-state index in [0.717, 1.165) is 50.8 Å². The third-order valence-corrected chi connectivity index (χ3v) is 12.5. The van der Waals surface area contributed by atoms with Crippen LogP contribution in [0.1, 0.15) is 17.5 Å². The number of hydrogen-bond acceptors (Lipinski definition) is 4. The predicted octanol–water partition coefficient (Wildman–Crippen LogP) is 13.3. The zero-order valence-corrected chi connectivity index (χ0v) is 30.6. The van der Waals surface area contributed by atoms with Gasteiger partial charge in [0.05, 0.1) is 5.71 Å². The van der Waals surface area contributed by atoms with Crippen LogP contribution in [-0.4, -0.2) is 11.5 Å². The summed E-state index contributed by atoms with van der Waals surface area (Å²) in [4.78, 5) is 5.41. The van der Waals surface area contributed by atoms with Crippen LogP contribution in [0.25, 0.3) is 85.6 Å². The number of benzene rings is 8. The van der Waals surface area contributed by atoms with Crippen LogP contribution in [0, 0.1) is 5.92 Å². The lowest BCUT2D eigenvalue weighted by Gasteiger charge is -2.18. The van der Waals surface area contributed by atoms with Crippen molar-refractivity contribution >= 4 is 97.3 Å². The van der Waals surface area contributed by atoms with Gasteiger partial charge in [0.15, 0.2) is 5.84 Å². The molecule has 0 saturated carbocycles. The van der Waals surface area contributed by atoms with Gasteiger partial charge in [-0.05, 0) is 68.1 Å². The van der Waals surface area contributed by atoms with E-state index in [1.807, 2.05) is 29.5 Å². The second-order valence-corrected chi connectivity index (χ2v) is 15.3. The van der Waals surface area contributed by atoms with Gasteiger partial charge < -0.3 is 10.3 Å². The van der Waals surface area contributed by atoms with Crippen molar-refractivity contribution in [3.63, 3.8) is 0 Å². The van der Waals surface area contributed by atoms with E-state index in [9.17, 15) is 0 Å². The van der Waals surface area contributed by atoms with Gasteiger partial charge in [-0.15, -0.1) is 11.3 Å². The third-order valence-electron chi connectivity index (χ3n) is 11.2. The van der Waals surface area contributed by atoms with E-state index < -0.39 is 0 Å². The first-order chi connectivity index (χ1) is 27.2. The number of fused-ring (bicyclic) bond motifs is 11. The number of thiophene rings is 1. The van der Waals surface area contributed by atoms with Gasteiger partial charge in [-0.25, -0.2) is 4.99 Å². The van der Waals surface area contributed by atoms with Gasteiger partial charge in [-0.1, -0.05) is 152 Å². The molecule has 11 rings (SSSR count). The van der Waals surface area contributed by atoms with E-state index in [2.05, 4.69) is 157 Å². The van der Waals surface area contributed by atoms with E-state index in [-0.39, 0.29) is 5.92 Å². The number of hydrazone groups is 1. The number of allylic oxidation sites excluding steroid dienone is 4. The van der Waals surface area contributed by atoms with Crippen LogP contribution in [-0.2, 0) is 0 Å². The fraction of sp³-hybridized carbons (Fsp3) is 0.0400. The van der Waals surface area contributed by atoms with Gasteiger partial charge in [-0.3, -0.25) is 0 Å².